The summed E-state index contributed by atoms with van der Waals surface area (Å²) in [5.41, 5.74) is 6.96. The molecule has 6 N–H and O–H groups in total. The van der Waals surface area contributed by atoms with Gasteiger partial charge in [0.15, 0.2) is 0 Å². The highest BCUT2D eigenvalue weighted by molar-refractivity contribution is 6.31. The molecule has 9 nitrogen and oxygen atoms in total. The van der Waals surface area contributed by atoms with Crippen LogP contribution >= 0.6 is 11.6 Å². The van der Waals surface area contributed by atoms with Crippen molar-refractivity contribution in [3.05, 3.63) is 76.6 Å². The van der Waals surface area contributed by atoms with E-state index in [1.54, 1.807) is 54.7 Å². The molecule has 1 aliphatic rings. The number of allylic oxidation sites excluding steroid dienone is 2. The SMILES string of the molecule is CNc1cc(CNC2(c3cc(Cl)cc(NC(=O)CN(C)C)c3)NC=CC=C2C(N)=O)ccn1. The van der Waals surface area contributed by atoms with Crippen LogP contribution in [0, 0.1) is 0 Å². The second kappa shape index (κ2) is 10.5. The van der Waals surface area contributed by atoms with Crippen molar-refractivity contribution in [3.63, 3.8) is 0 Å². The number of likely N-dealkylation sites (N-methyl/N-ethyl adjacent to an activating group) is 1. The Balaban J connectivity index is 2.01. The van der Waals surface area contributed by atoms with Gasteiger partial charge in [-0.3, -0.25) is 14.9 Å². The first-order chi connectivity index (χ1) is 15.7. The minimum absolute atomic E-state index is 0.186. The molecule has 174 valence electrons. The van der Waals surface area contributed by atoms with Crippen LogP contribution in [-0.4, -0.2) is 49.4 Å². The lowest BCUT2D eigenvalue weighted by atomic mass is 9.87. The van der Waals surface area contributed by atoms with Crippen molar-refractivity contribution in [1.29, 1.82) is 0 Å². The molecule has 2 heterocycles. The molecule has 33 heavy (non-hydrogen) atoms. The Morgan fingerprint density at radius 2 is 2.03 bits per heavy atom. The monoisotopic (exact) mass is 469 g/mol. The van der Waals surface area contributed by atoms with Crippen molar-refractivity contribution in [2.45, 2.75) is 12.2 Å². The minimum atomic E-state index is -1.17. The normalized spacial score (nSPS) is 17.3. The summed E-state index contributed by atoms with van der Waals surface area (Å²) >= 11 is 6.42. The third kappa shape index (κ3) is 5.89. The number of carbonyl (C=O) groups excluding carboxylic acids is 2. The van der Waals surface area contributed by atoms with E-state index in [4.69, 9.17) is 17.3 Å². The van der Waals surface area contributed by atoms with Crippen LogP contribution in [0.15, 0.2) is 60.5 Å². The first kappa shape index (κ1) is 24.2. The van der Waals surface area contributed by atoms with E-state index in [9.17, 15) is 9.59 Å². The fourth-order valence-electron chi connectivity index (χ4n) is 3.60. The first-order valence-corrected chi connectivity index (χ1v) is 10.7. The second-order valence-electron chi connectivity index (χ2n) is 7.87. The maximum Gasteiger partial charge on any atom is 0.248 e. The van der Waals surface area contributed by atoms with Gasteiger partial charge in [-0.15, -0.1) is 0 Å². The topological polar surface area (TPSA) is 124 Å². The molecule has 0 saturated carbocycles. The minimum Gasteiger partial charge on any atom is -0.373 e. The summed E-state index contributed by atoms with van der Waals surface area (Å²) in [6, 6.07) is 8.92. The molecule has 0 fully saturated rings. The van der Waals surface area contributed by atoms with E-state index >= 15 is 0 Å². The molecular weight excluding hydrogens is 442 g/mol. The summed E-state index contributed by atoms with van der Waals surface area (Å²) in [6.45, 7) is 0.603. The van der Waals surface area contributed by atoms with Gasteiger partial charge in [0.05, 0.1) is 12.1 Å². The zero-order valence-electron chi connectivity index (χ0n) is 18.8. The zero-order valence-corrected chi connectivity index (χ0v) is 19.5. The molecule has 10 heteroatoms. The number of anilines is 2. The van der Waals surface area contributed by atoms with Crippen molar-refractivity contribution < 1.29 is 9.59 Å². The molecule has 1 atom stereocenters. The predicted octanol–water partition coefficient (Wildman–Crippen LogP) is 1.75. The summed E-state index contributed by atoms with van der Waals surface area (Å²) in [7, 11) is 5.41. The lowest BCUT2D eigenvalue weighted by Gasteiger charge is -2.39. The Morgan fingerprint density at radius 1 is 1.24 bits per heavy atom. The van der Waals surface area contributed by atoms with Crippen LogP contribution in [0.25, 0.3) is 0 Å². The molecular formula is C23H28ClN7O2. The number of nitrogens with two attached hydrogens (primary N) is 1. The van der Waals surface area contributed by atoms with Crippen LogP contribution in [0.2, 0.25) is 5.02 Å². The Hall–Kier alpha value is -3.40. The molecule has 1 unspecified atom stereocenters. The van der Waals surface area contributed by atoms with Gasteiger partial charge in [0.25, 0.3) is 0 Å². The summed E-state index contributed by atoms with van der Waals surface area (Å²) < 4.78 is 0. The van der Waals surface area contributed by atoms with Gasteiger partial charge in [-0.05, 0) is 68.3 Å². The number of hydrogen-bond acceptors (Lipinski definition) is 7. The van der Waals surface area contributed by atoms with E-state index in [1.165, 1.54) is 0 Å². The van der Waals surface area contributed by atoms with E-state index in [-0.39, 0.29) is 12.5 Å². The molecule has 2 amide bonds. The van der Waals surface area contributed by atoms with Crippen LogP contribution in [0.3, 0.4) is 0 Å². The maximum atomic E-state index is 12.4. The standard InChI is InChI=1S/C23H28ClN7O2/c1-26-20-9-15(6-8-27-20)13-29-23(19(22(25)33)5-4-7-28-23)16-10-17(24)12-18(11-16)30-21(32)14-31(2)3/h4-12,28-29H,13-14H2,1-3H3,(H2,25,33)(H,26,27)(H,30,32). The fraction of sp³-hybridized carbons (Fsp3) is 0.261. The van der Waals surface area contributed by atoms with E-state index in [1.807, 2.05) is 26.2 Å². The molecule has 0 spiro atoms. The summed E-state index contributed by atoms with van der Waals surface area (Å²) in [5, 5.41) is 12.9. The molecule has 3 rings (SSSR count). The number of nitrogens with zero attached hydrogens (tertiary/aromatic N) is 2. The third-order valence-electron chi connectivity index (χ3n) is 5.04. The fourth-order valence-corrected chi connectivity index (χ4v) is 3.83. The van der Waals surface area contributed by atoms with Gasteiger partial charge in [-0.1, -0.05) is 11.6 Å². The van der Waals surface area contributed by atoms with Crippen LogP contribution in [0.5, 0.6) is 0 Å². The van der Waals surface area contributed by atoms with Crippen LogP contribution < -0.4 is 27.0 Å². The number of dihydropyridines is 1. The van der Waals surface area contributed by atoms with Gasteiger partial charge in [0.2, 0.25) is 11.8 Å². The number of halogens is 1. The number of pyridine rings is 1. The number of rotatable bonds is 9. The molecule has 1 aliphatic heterocycles. The molecule has 0 bridgehead atoms. The number of benzene rings is 1. The maximum absolute atomic E-state index is 12.4. The molecule has 1 aromatic heterocycles. The summed E-state index contributed by atoms with van der Waals surface area (Å²) in [4.78, 5) is 30.7. The highest BCUT2D eigenvalue weighted by Gasteiger charge is 2.39. The van der Waals surface area contributed by atoms with Crippen molar-refractivity contribution in [2.24, 2.45) is 5.73 Å². The van der Waals surface area contributed by atoms with E-state index in [2.05, 4.69) is 26.3 Å². The van der Waals surface area contributed by atoms with E-state index in [0.717, 1.165) is 11.4 Å². The smallest absolute Gasteiger partial charge is 0.248 e. The highest BCUT2D eigenvalue weighted by Crippen LogP contribution is 2.33. The van der Waals surface area contributed by atoms with Gasteiger partial charge < -0.3 is 26.6 Å². The predicted molar refractivity (Wildman–Crippen MR) is 130 cm³/mol. The third-order valence-corrected chi connectivity index (χ3v) is 5.26. The molecule has 1 aromatic carbocycles. The summed E-state index contributed by atoms with van der Waals surface area (Å²) in [6.07, 6.45) is 6.78. The van der Waals surface area contributed by atoms with Crippen molar-refractivity contribution in [3.8, 4) is 0 Å². The van der Waals surface area contributed by atoms with Gasteiger partial charge >= 0.3 is 0 Å². The Morgan fingerprint density at radius 3 is 2.73 bits per heavy atom. The highest BCUT2D eigenvalue weighted by atomic mass is 35.5. The second-order valence-corrected chi connectivity index (χ2v) is 8.30. The number of amides is 2. The molecule has 2 aromatic rings. The Bertz CT molecular complexity index is 1100. The lowest BCUT2D eigenvalue weighted by molar-refractivity contribution is -0.117. The number of aromatic nitrogens is 1. The van der Waals surface area contributed by atoms with Crippen molar-refractivity contribution in [2.75, 3.05) is 38.3 Å². The molecule has 0 aliphatic carbocycles. The first-order valence-electron chi connectivity index (χ1n) is 10.3. The summed E-state index contributed by atoms with van der Waals surface area (Å²) in [5.74, 6) is -0.0592. The van der Waals surface area contributed by atoms with Crippen LogP contribution in [0.4, 0.5) is 11.5 Å². The number of nitrogens with one attached hydrogen (secondary N) is 4. The average Bonchev–Trinajstić information content (AvgIpc) is 2.76. The van der Waals surface area contributed by atoms with Gasteiger partial charge in [-0.25, -0.2) is 4.98 Å². The Labute approximate surface area is 198 Å². The lowest BCUT2D eigenvalue weighted by Crippen LogP contribution is -2.56. The zero-order chi connectivity index (χ0) is 24.0. The largest absolute Gasteiger partial charge is 0.373 e. The van der Waals surface area contributed by atoms with Crippen LogP contribution in [-0.2, 0) is 21.8 Å². The molecule has 0 radical (unpaired) electrons. The Kier molecular flexibility index (Phi) is 7.70. The van der Waals surface area contributed by atoms with Gasteiger partial charge in [0, 0.05) is 36.1 Å². The number of carbonyl (C=O) groups is 2. The van der Waals surface area contributed by atoms with E-state index in [0.29, 0.717) is 28.4 Å². The van der Waals surface area contributed by atoms with Gasteiger partial charge in [0.1, 0.15) is 11.5 Å². The van der Waals surface area contributed by atoms with E-state index < -0.39 is 11.6 Å². The van der Waals surface area contributed by atoms with Crippen LogP contribution in [0.1, 0.15) is 11.1 Å². The number of hydrogen-bond donors (Lipinski definition) is 5. The van der Waals surface area contributed by atoms with Gasteiger partial charge in [-0.2, -0.15) is 0 Å². The quantitative estimate of drug-likeness (QED) is 0.379. The molecule has 0 saturated heterocycles. The van der Waals surface area contributed by atoms with Crippen molar-refractivity contribution >= 4 is 34.9 Å². The number of primary amides is 1. The average molecular weight is 470 g/mol. The van der Waals surface area contributed by atoms with Crippen molar-refractivity contribution in [1.82, 2.24) is 20.5 Å².